The molecule has 0 aliphatic heterocycles. The fourth-order valence-electron chi connectivity index (χ4n) is 0.876. The van der Waals surface area contributed by atoms with Gasteiger partial charge >= 0.3 is 0 Å². The molecule has 62 valence electrons. The lowest BCUT2D eigenvalue weighted by Gasteiger charge is -1.83. The molecular weight excluding hydrogens is 194 g/mol. The van der Waals surface area contributed by atoms with Crippen LogP contribution in [-0.2, 0) is 5.88 Å². The maximum Gasteiger partial charge on any atom is 0.182 e. The van der Waals surface area contributed by atoms with E-state index in [1.807, 2.05) is 16.8 Å². The Morgan fingerprint density at radius 1 is 1.58 bits per heavy atom. The van der Waals surface area contributed by atoms with Gasteiger partial charge in [-0.05, 0) is 11.4 Å². The van der Waals surface area contributed by atoms with Crippen molar-refractivity contribution in [3.63, 3.8) is 0 Å². The van der Waals surface area contributed by atoms with Crippen molar-refractivity contribution in [2.24, 2.45) is 0 Å². The second-order valence-corrected chi connectivity index (χ2v) is 3.30. The van der Waals surface area contributed by atoms with Crippen molar-refractivity contribution in [1.29, 1.82) is 0 Å². The predicted molar refractivity (Wildman–Crippen MR) is 49.3 cm³/mol. The molecule has 0 spiro atoms. The molecule has 0 aliphatic carbocycles. The standard InChI is InChI=1S/C7H6ClN3S/c8-3-6-9-7(11-10-6)5-1-2-12-4-5/h1-2,4H,3H2,(H,9,10,11). The highest BCUT2D eigenvalue weighted by Crippen LogP contribution is 2.17. The maximum atomic E-state index is 5.57. The predicted octanol–water partition coefficient (Wildman–Crippen LogP) is 2.27. The largest absolute Gasteiger partial charge is 0.262 e. The van der Waals surface area contributed by atoms with Crippen LogP contribution >= 0.6 is 22.9 Å². The Morgan fingerprint density at radius 3 is 3.08 bits per heavy atom. The Morgan fingerprint density at radius 2 is 2.50 bits per heavy atom. The summed E-state index contributed by atoms with van der Waals surface area (Å²) in [6.45, 7) is 0. The second kappa shape index (κ2) is 3.25. The zero-order valence-corrected chi connectivity index (χ0v) is 7.69. The van der Waals surface area contributed by atoms with Gasteiger partial charge in [0.05, 0.1) is 5.88 Å². The van der Waals surface area contributed by atoms with E-state index in [0.29, 0.717) is 17.5 Å². The lowest BCUT2D eigenvalue weighted by molar-refractivity contribution is 1.02. The molecule has 0 saturated heterocycles. The van der Waals surface area contributed by atoms with Crippen molar-refractivity contribution in [3.05, 3.63) is 22.7 Å². The molecule has 12 heavy (non-hydrogen) atoms. The molecule has 0 aliphatic rings. The lowest BCUT2D eigenvalue weighted by Crippen LogP contribution is -1.78. The SMILES string of the molecule is ClCc1nc(-c2ccsc2)n[nH]1. The van der Waals surface area contributed by atoms with E-state index in [4.69, 9.17) is 11.6 Å². The number of nitrogens with zero attached hydrogens (tertiary/aromatic N) is 2. The van der Waals surface area contributed by atoms with Gasteiger partial charge in [0.1, 0.15) is 5.82 Å². The van der Waals surface area contributed by atoms with Crippen LogP contribution in [0, 0.1) is 0 Å². The number of halogens is 1. The zero-order chi connectivity index (χ0) is 8.39. The summed E-state index contributed by atoms with van der Waals surface area (Å²) >= 11 is 7.19. The van der Waals surface area contributed by atoms with Gasteiger partial charge in [-0.15, -0.1) is 11.6 Å². The fourth-order valence-corrected chi connectivity index (χ4v) is 1.63. The summed E-state index contributed by atoms with van der Waals surface area (Å²) in [6.07, 6.45) is 0. The minimum Gasteiger partial charge on any atom is -0.262 e. The van der Waals surface area contributed by atoms with Crippen LogP contribution in [0.4, 0.5) is 0 Å². The molecule has 0 aromatic carbocycles. The molecule has 2 rings (SSSR count). The molecular formula is C7H6ClN3S. The number of aromatic amines is 1. The number of aromatic nitrogens is 3. The Labute approximate surface area is 78.4 Å². The zero-order valence-electron chi connectivity index (χ0n) is 6.12. The normalized spacial score (nSPS) is 10.4. The summed E-state index contributed by atoms with van der Waals surface area (Å²) in [5.74, 6) is 1.79. The van der Waals surface area contributed by atoms with Gasteiger partial charge in [-0.25, -0.2) is 4.98 Å². The highest BCUT2D eigenvalue weighted by atomic mass is 35.5. The molecule has 0 fully saturated rings. The molecule has 0 unspecified atom stereocenters. The smallest absolute Gasteiger partial charge is 0.182 e. The Bertz CT molecular complexity index is 354. The van der Waals surface area contributed by atoms with Gasteiger partial charge in [-0.3, -0.25) is 5.10 Å². The maximum absolute atomic E-state index is 5.57. The molecule has 2 aromatic heterocycles. The van der Waals surface area contributed by atoms with E-state index in [2.05, 4.69) is 15.2 Å². The summed E-state index contributed by atoms with van der Waals surface area (Å²) in [6, 6.07) is 1.98. The second-order valence-electron chi connectivity index (χ2n) is 2.25. The van der Waals surface area contributed by atoms with Crippen molar-refractivity contribution in [2.45, 2.75) is 5.88 Å². The summed E-state index contributed by atoms with van der Waals surface area (Å²) in [5.41, 5.74) is 1.03. The highest BCUT2D eigenvalue weighted by Gasteiger charge is 2.04. The monoisotopic (exact) mass is 199 g/mol. The Kier molecular flexibility index (Phi) is 2.10. The molecule has 3 nitrogen and oxygen atoms in total. The molecule has 0 radical (unpaired) electrons. The highest BCUT2D eigenvalue weighted by molar-refractivity contribution is 7.08. The molecule has 2 aromatic rings. The van der Waals surface area contributed by atoms with Crippen molar-refractivity contribution < 1.29 is 0 Å². The minimum atomic E-state index is 0.372. The number of nitrogens with one attached hydrogen (secondary N) is 1. The van der Waals surface area contributed by atoms with Gasteiger partial charge in [0.15, 0.2) is 5.82 Å². The van der Waals surface area contributed by atoms with Crippen molar-refractivity contribution in [3.8, 4) is 11.4 Å². The van der Waals surface area contributed by atoms with Crippen LogP contribution in [-0.4, -0.2) is 15.2 Å². The summed E-state index contributed by atoms with van der Waals surface area (Å²) < 4.78 is 0. The van der Waals surface area contributed by atoms with Crippen molar-refractivity contribution in [2.75, 3.05) is 0 Å². The van der Waals surface area contributed by atoms with E-state index < -0.39 is 0 Å². The number of thiophene rings is 1. The van der Waals surface area contributed by atoms with Gasteiger partial charge in [0, 0.05) is 10.9 Å². The average molecular weight is 200 g/mol. The fraction of sp³-hybridized carbons (Fsp3) is 0.143. The molecule has 0 saturated carbocycles. The Balaban J connectivity index is 2.35. The van der Waals surface area contributed by atoms with Gasteiger partial charge < -0.3 is 0 Å². The average Bonchev–Trinajstić information content (AvgIpc) is 2.75. The number of H-pyrrole nitrogens is 1. The van der Waals surface area contributed by atoms with Crippen molar-refractivity contribution >= 4 is 22.9 Å². The third-order valence-electron chi connectivity index (χ3n) is 1.44. The van der Waals surface area contributed by atoms with Crippen LogP contribution in [0.3, 0.4) is 0 Å². The van der Waals surface area contributed by atoms with E-state index in [1.165, 1.54) is 0 Å². The molecule has 0 amide bonds. The van der Waals surface area contributed by atoms with Crippen LogP contribution in [0.2, 0.25) is 0 Å². The first-order valence-corrected chi connectivity index (χ1v) is 4.87. The molecule has 2 heterocycles. The topological polar surface area (TPSA) is 41.6 Å². The number of rotatable bonds is 2. The number of hydrogen-bond donors (Lipinski definition) is 1. The van der Waals surface area contributed by atoms with Gasteiger partial charge in [-0.1, -0.05) is 0 Å². The van der Waals surface area contributed by atoms with Crippen LogP contribution < -0.4 is 0 Å². The lowest BCUT2D eigenvalue weighted by atomic mass is 10.3. The quantitative estimate of drug-likeness (QED) is 0.754. The Hall–Kier alpha value is -0.870. The first-order chi connectivity index (χ1) is 5.90. The molecule has 5 heteroatoms. The van der Waals surface area contributed by atoms with E-state index in [0.717, 1.165) is 5.56 Å². The van der Waals surface area contributed by atoms with Crippen LogP contribution in [0.5, 0.6) is 0 Å². The minimum absolute atomic E-state index is 0.372. The van der Waals surface area contributed by atoms with Crippen LogP contribution in [0.25, 0.3) is 11.4 Å². The number of hydrogen-bond acceptors (Lipinski definition) is 3. The molecule has 0 atom stereocenters. The van der Waals surface area contributed by atoms with Gasteiger partial charge in [0.25, 0.3) is 0 Å². The van der Waals surface area contributed by atoms with E-state index in [-0.39, 0.29) is 0 Å². The van der Waals surface area contributed by atoms with E-state index in [9.17, 15) is 0 Å². The third-order valence-corrected chi connectivity index (χ3v) is 2.37. The third kappa shape index (κ3) is 1.35. The summed E-state index contributed by atoms with van der Waals surface area (Å²) in [7, 11) is 0. The molecule has 0 bridgehead atoms. The van der Waals surface area contributed by atoms with E-state index in [1.54, 1.807) is 11.3 Å². The van der Waals surface area contributed by atoms with Crippen LogP contribution in [0.1, 0.15) is 5.82 Å². The van der Waals surface area contributed by atoms with Crippen molar-refractivity contribution in [1.82, 2.24) is 15.2 Å². The summed E-state index contributed by atoms with van der Waals surface area (Å²) in [5, 5.41) is 10.8. The first-order valence-electron chi connectivity index (χ1n) is 3.40. The van der Waals surface area contributed by atoms with Gasteiger partial charge in [-0.2, -0.15) is 16.4 Å². The first kappa shape index (κ1) is 7.76. The van der Waals surface area contributed by atoms with E-state index >= 15 is 0 Å². The summed E-state index contributed by atoms with van der Waals surface area (Å²) in [4.78, 5) is 4.18. The van der Waals surface area contributed by atoms with Crippen LogP contribution in [0.15, 0.2) is 16.8 Å². The van der Waals surface area contributed by atoms with Gasteiger partial charge in [0.2, 0.25) is 0 Å². The number of alkyl halides is 1. The molecule has 1 N–H and O–H groups in total.